The van der Waals surface area contributed by atoms with Crippen LogP contribution >= 0.6 is 0 Å². The maximum atomic E-state index is 11.8. The van der Waals surface area contributed by atoms with Gasteiger partial charge in [0.15, 0.2) is 17.4 Å². The predicted octanol–water partition coefficient (Wildman–Crippen LogP) is -0.757. The molecule has 114 valence electrons. The van der Waals surface area contributed by atoms with Crippen molar-refractivity contribution in [3.05, 3.63) is 16.7 Å². The first-order valence-corrected chi connectivity index (χ1v) is 6.57. The smallest absolute Gasteiger partial charge is 0.280 e. The number of H-pyrrole nitrogens is 1. The van der Waals surface area contributed by atoms with Crippen LogP contribution in [0.5, 0.6) is 0 Å². The van der Waals surface area contributed by atoms with Gasteiger partial charge < -0.3 is 20.3 Å². The van der Waals surface area contributed by atoms with Gasteiger partial charge in [0.2, 0.25) is 5.95 Å². The normalized spacial score (nSPS) is 29.3. The molecule has 1 saturated heterocycles. The Morgan fingerprint density at radius 1 is 1.62 bits per heavy atom. The zero-order chi connectivity index (χ0) is 15.1. The number of ether oxygens (including phenoxy) is 2. The fourth-order valence-corrected chi connectivity index (χ4v) is 2.68. The van der Waals surface area contributed by atoms with Crippen LogP contribution in [0.1, 0.15) is 13.2 Å². The van der Waals surface area contributed by atoms with Crippen molar-refractivity contribution in [2.24, 2.45) is 5.92 Å². The van der Waals surface area contributed by atoms with Gasteiger partial charge in [0.1, 0.15) is 6.10 Å². The summed E-state index contributed by atoms with van der Waals surface area (Å²) < 4.78 is 12.4. The molecule has 0 radical (unpaired) electrons. The Morgan fingerprint density at radius 3 is 3.10 bits per heavy atom. The van der Waals surface area contributed by atoms with E-state index in [-0.39, 0.29) is 29.1 Å². The maximum absolute atomic E-state index is 11.8. The highest BCUT2D eigenvalue weighted by Crippen LogP contribution is 2.35. The average molecular weight is 295 g/mol. The number of hydrogen-bond donors (Lipinski definition) is 3. The number of nitrogen functional groups attached to an aromatic ring is 1. The second kappa shape index (κ2) is 5.10. The standard InChI is InChI=1S/C12H17N5O4/c1-5-6(3-20-2)8(18)11(21-5)17-4-14-7-9(17)15-12(13)16-10(7)19/h4-6,8,11,18H,3H2,1-2H3,(H3,13,15,16,19)/t5-,6-,8-,11-/m1/s1. The van der Waals surface area contributed by atoms with Crippen LogP contribution in [0, 0.1) is 5.92 Å². The van der Waals surface area contributed by atoms with Crippen LogP contribution in [0.3, 0.4) is 0 Å². The van der Waals surface area contributed by atoms with E-state index in [9.17, 15) is 9.90 Å². The summed E-state index contributed by atoms with van der Waals surface area (Å²) in [6.07, 6.45) is -0.248. The molecule has 2 aromatic heterocycles. The zero-order valence-electron chi connectivity index (χ0n) is 11.7. The third kappa shape index (κ3) is 2.19. The molecule has 0 amide bonds. The summed E-state index contributed by atoms with van der Waals surface area (Å²) in [5, 5.41) is 10.4. The van der Waals surface area contributed by atoms with Crippen molar-refractivity contribution in [1.82, 2.24) is 19.5 Å². The number of nitrogens with one attached hydrogen (secondary N) is 1. The Morgan fingerprint density at radius 2 is 2.38 bits per heavy atom. The molecule has 1 fully saturated rings. The van der Waals surface area contributed by atoms with E-state index in [1.807, 2.05) is 6.92 Å². The summed E-state index contributed by atoms with van der Waals surface area (Å²) >= 11 is 0. The van der Waals surface area contributed by atoms with Crippen LogP contribution in [0.15, 0.2) is 11.1 Å². The van der Waals surface area contributed by atoms with E-state index >= 15 is 0 Å². The van der Waals surface area contributed by atoms with Crippen molar-refractivity contribution >= 4 is 17.1 Å². The highest BCUT2D eigenvalue weighted by molar-refractivity contribution is 5.70. The first-order valence-electron chi connectivity index (χ1n) is 6.57. The van der Waals surface area contributed by atoms with E-state index < -0.39 is 17.9 Å². The average Bonchev–Trinajstić information content (AvgIpc) is 2.95. The molecule has 0 saturated carbocycles. The topological polar surface area (TPSA) is 128 Å². The third-order valence-electron chi connectivity index (χ3n) is 3.77. The molecule has 1 aliphatic rings. The van der Waals surface area contributed by atoms with E-state index in [0.29, 0.717) is 6.61 Å². The van der Waals surface area contributed by atoms with Gasteiger partial charge in [0.05, 0.1) is 19.0 Å². The van der Waals surface area contributed by atoms with Gasteiger partial charge in [0.25, 0.3) is 5.56 Å². The summed E-state index contributed by atoms with van der Waals surface area (Å²) in [4.78, 5) is 22.2. The van der Waals surface area contributed by atoms with Gasteiger partial charge in [-0.1, -0.05) is 0 Å². The molecule has 0 unspecified atom stereocenters. The van der Waals surface area contributed by atoms with E-state index in [1.54, 1.807) is 7.11 Å². The second-order valence-corrected chi connectivity index (χ2v) is 5.12. The summed E-state index contributed by atoms with van der Waals surface area (Å²) in [6, 6.07) is 0. The molecule has 3 heterocycles. The summed E-state index contributed by atoms with van der Waals surface area (Å²) in [7, 11) is 1.57. The minimum absolute atomic E-state index is 0.0109. The highest BCUT2D eigenvalue weighted by Gasteiger charge is 2.43. The molecule has 21 heavy (non-hydrogen) atoms. The number of methoxy groups -OCH3 is 1. The Hall–Kier alpha value is -1.97. The van der Waals surface area contributed by atoms with E-state index in [4.69, 9.17) is 15.2 Å². The summed E-state index contributed by atoms with van der Waals surface area (Å²) in [6.45, 7) is 2.24. The monoisotopic (exact) mass is 295 g/mol. The molecule has 4 N–H and O–H groups in total. The molecule has 4 atom stereocenters. The lowest BCUT2D eigenvalue weighted by Gasteiger charge is -2.18. The SMILES string of the molecule is COC[C@H]1[C@@H](O)[C@H](n2cnc3c(=O)[nH]c(N)nc32)O[C@@H]1C. The van der Waals surface area contributed by atoms with Gasteiger partial charge in [-0.3, -0.25) is 14.3 Å². The van der Waals surface area contributed by atoms with E-state index in [2.05, 4.69) is 15.0 Å². The third-order valence-corrected chi connectivity index (χ3v) is 3.77. The molecule has 0 spiro atoms. The number of aromatic nitrogens is 4. The Bertz CT molecular complexity index is 711. The van der Waals surface area contributed by atoms with Gasteiger partial charge in [0, 0.05) is 13.0 Å². The minimum Gasteiger partial charge on any atom is -0.388 e. The molecule has 9 nitrogen and oxygen atoms in total. The van der Waals surface area contributed by atoms with E-state index in [1.165, 1.54) is 10.9 Å². The first kappa shape index (κ1) is 14.0. The molecule has 3 rings (SSSR count). The number of aliphatic hydroxyl groups is 1. The molecule has 0 bridgehead atoms. The number of nitrogens with two attached hydrogens (primary N) is 1. The predicted molar refractivity (Wildman–Crippen MR) is 73.5 cm³/mol. The van der Waals surface area contributed by atoms with Crippen molar-refractivity contribution in [2.45, 2.75) is 25.4 Å². The minimum atomic E-state index is -0.792. The molecule has 9 heteroatoms. The van der Waals surface area contributed by atoms with Crippen molar-refractivity contribution in [3.8, 4) is 0 Å². The Kier molecular flexibility index (Phi) is 3.40. The molecule has 2 aromatic rings. The number of imidazole rings is 1. The highest BCUT2D eigenvalue weighted by atomic mass is 16.5. The fraction of sp³-hybridized carbons (Fsp3) is 0.583. The molecular formula is C12H17N5O4. The number of aromatic amines is 1. The van der Waals surface area contributed by atoms with Gasteiger partial charge in [-0.05, 0) is 6.92 Å². The molecule has 0 aromatic carbocycles. The quantitative estimate of drug-likeness (QED) is 0.679. The number of nitrogens with zero attached hydrogens (tertiary/aromatic N) is 3. The number of aliphatic hydroxyl groups excluding tert-OH is 1. The lowest BCUT2D eigenvalue weighted by Crippen LogP contribution is -2.29. The van der Waals surface area contributed by atoms with Crippen molar-refractivity contribution in [3.63, 3.8) is 0 Å². The van der Waals surface area contributed by atoms with Gasteiger partial charge >= 0.3 is 0 Å². The summed E-state index contributed by atoms with van der Waals surface area (Å²) in [5.41, 5.74) is 5.57. The number of anilines is 1. The van der Waals surface area contributed by atoms with Crippen LogP contribution in [0.25, 0.3) is 11.2 Å². The van der Waals surface area contributed by atoms with Gasteiger partial charge in [-0.2, -0.15) is 4.98 Å². The van der Waals surface area contributed by atoms with Crippen LogP contribution in [-0.2, 0) is 9.47 Å². The Labute approximate surface area is 119 Å². The zero-order valence-corrected chi connectivity index (χ0v) is 11.7. The van der Waals surface area contributed by atoms with Crippen LogP contribution in [-0.4, -0.2) is 50.6 Å². The fourth-order valence-electron chi connectivity index (χ4n) is 2.68. The number of hydrogen-bond acceptors (Lipinski definition) is 7. The maximum Gasteiger partial charge on any atom is 0.280 e. The van der Waals surface area contributed by atoms with Gasteiger partial charge in [-0.25, -0.2) is 4.98 Å². The lowest BCUT2D eigenvalue weighted by molar-refractivity contribution is -0.0298. The van der Waals surface area contributed by atoms with Crippen LogP contribution < -0.4 is 11.3 Å². The second-order valence-electron chi connectivity index (χ2n) is 5.12. The first-order chi connectivity index (χ1) is 10.0. The lowest BCUT2D eigenvalue weighted by atomic mass is 10.0. The van der Waals surface area contributed by atoms with Crippen molar-refractivity contribution < 1.29 is 14.6 Å². The summed E-state index contributed by atoms with van der Waals surface area (Å²) in [5.74, 6) is -0.181. The largest absolute Gasteiger partial charge is 0.388 e. The Balaban J connectivity index is 2.03. The van der Waals surface area contributed by atoms with Gasteiger partial charge in [-0.15, -0.1) is 0 Å². The molecule has 0 aliphatic carbocycles. The molecular weight excluding hydrogens is 278 g/mol. The van der Waals surface area contributed by atoms with Crippen molar-refractivity contribution in [1.29, 1.82) is 0 Å². The van der Waals surface area contributed by atoms with Crippen LogP contribution in [0.4, 0.5) is 5.95 Å². The van der Waals surface area contributed by atoms with Crippen molar-refractivity contribution in [2.75, 3.05) is 19.5 Å². The van der Waals surface area contributed by atoms with Crippen LogP contribution in [0.2, 0.25) is 0 Å². The number of rotatable bonds is 3. The van der Waals surface area contributed by atoms with E-state index in [0.717, 1.165) is 0 Å². The number of fused-ring (bicyclic) bond motifs is 1. The molecule has 1 aliphatic heterocycles.